The SMILES string of the molecule is CC1COC(CO)CN1CCN1CCCc2ccccc21. The van der Waals surface area contributed by atoms with E-state index in [-0.39, 0.29) is 12.7 Å². The summed E-state index contributed by atoms with van der Waals surface area (Å²) in [5.74, 6) is 0. The minimum Gasteiger partial charge on any atom is -0.394 e. The Morgan fingerprint density at radius 2 is 2.14 bits per heavy atom. The summed E-state index contributed by atoms with van der Waals surface area (Å²) < 4.78 is 5.61. The van der Waals surface area contributed by atoms with E-state index in [2.05, 4.69) is 41.0 Å². The van der Waals surface area contributed by atoms with Crippen molar-refractivity contribution in [2.24, 2.45) is 0 Å². The molecule has 1 aromatic carbocycles. The number of anilines is 1. The van der Waals surface area contributed by atoms with Crippen molar-refractivity contribution in [1.29, 1.82) is 0 Å². The lowest BCUT2D eigenvalue weighted by atomic mass is 10.0. The Kier molecular flexibility index (Phi) is 4.78. The highest BCUT2D eigenvalue weighted by atomic mass is 16.5. The van der Waals surface area contributed by atoms with Gasteiger partial charge in [-0.05, 0) is 31.4 Å². The number of nitrogens with zero attached hydrogens (tertiary/aromatic N) is 2. The first-order valence-corrected chi connectivity index (χ1v) is 8.07. The van der Waals surface area contributed by atoms with Crippen LogP contribution in [0.3, 0.4) is 0 Å². The summed E-state index contributed by atoms with van der Waals surface area (Å²) in [4.78, 5) is 4.95. The van der Waals surface area contributed by atoms with Crippen LogP contribution in [0.5, 0.6) is 0 Å². The molecule has 0 amide bonds. The predicted molar refractivity (Wildman–Crippen MR) is 84.8 cm³/mol. The average Bonchev–Trinajstić information content (AvgIpc) is 2.54. The topological polar surface area (TPSA) is 35.9 Å². The number of ether oxygens (including phenoxy) is 1. The van der Waals surface area contributed by atoms with Crippen LogP contribution in [0.1, 0.15) is 18.9 Å². The molecule has 0 radical (unpaired) electrons. The molecule has 1 saturated heterocycles. The number of rotatable bonds is 4. The minimum atomic E-state index is -0.0187. The molecule has 21 heavy (non-hydrogen) atoms. The molecule has 1 fully saturated rings. The molecule has 2 heterocycles. The van der Waals surface area contributed by atoms with Gasteiger partial charge in [0.15, 0.2) is 0 Å². The fraction of sp³-hybridized carbons (Fsp3) is 0.647. The number of hydrogen-bond acceptors (Lipinski definition) is 4. The molecule has 2 aliphatic heterocycles. The number of aryl methyl sites for hydroxylation is 1. The van der Waals surface area contributed by atoms with E-state index in [9.17, 15) is 5.11 Å². The van der Waals surface area contributed by atoms with Gasteiger partial charge < -0.3 is 14.7 Å². The molecule has 2 atom stereocenters. The molecule has 0 aromatic heterocycles. The van der Waals surface area contributed by atoms with Gasteiger partial charge in [0.2, 0.25) is 0 Å². The highest BCUT2D eigenvalue weighted by Gasteiger charge is 2.26. The summed E-state index contributed by atoms with van der Waals surface area (Å²) in [6.45, 7) is 7.14. The zero-order chi connectivity index (χ0) is 14.7. The van der Waals surface area contributed by atoms with Crippen molar-refractivity contribution < 1.29 is 9.84 Å². The molecule has 4 nitrogen and oxygen atoms in total. The summed E-state index contributed by atoms with van der Waals surface area (Å²) in [6.07, 6.45) is 2.43. The Morgan fingerprint density at radius 3 is 3.00 bits per heavy atom. The maximum atomic E-state index is 9.28. The molecule has 2 aliphatic rings. The largest absolute Gasteiger partial charge is 0.394 e. The van der Waals surface area contributed by atoms with E-state index in [0.29, 0.717) is 6.04 Å². The summed E-state index contributed by atoms with van der Waals surface area (Å²) in [5, 5.41) is 9.28. The number of para-hydroxylation sites is 1. The first-order chi connectivity index (χ1) is 10.3. The van der Waals surface area contributed by atoms with Crippen molar-refractivity contribution in [2.75, 3.05) is 44.3 Å². The van der Waals surface area contributed by atoms with Crippen LogP contribution in [-0.4, -0.2) is 61.5 Å². The lowest BCUT2D eigenvalue weighted by Gasteiger charge is -2.39. The monoisotopic (exact) mass is 290 g/mol. The lowest BCUT2D eigenvalue weighted by Crippen LogP contribution is -2.51. The van der Waals surface area contributed by atoms with Crippen molar-refractivity contribution in [1.82, 2.24) is 4.90 Å². The van der Waals surface area contributed by atoms with Crippen LogP contribution >= 0.6 is 0 Å². The van der Waals surface area contributed by atoms with Gasteiger partial charge in [0, 0.05) is 37.9 Å². The summed E-state index contributed by atoms with van der Waals surface area (Å²) in [6, 6.07) is 9.20. The summed E-state index contributed by atoms with van der Waals surface area (Å²) >= 11 is 0. The fourth-order valence-corrected chi connectivity index (χ4v) is 3.39. The molecule has 3 rings (SSSR count). The van der Waals surface area contributed by atoms with E-state index in [1.54, 1.807) is 0 Å². The van der Waals surface area contributed by atoms with Gasteiger partial charge in [-0.25, -0.2) is 0 Å². The van der Waals surface area contributed by atoms with Crippen molar-refractivity contribution >= 4 is 5.69 Å². The van der Waals surface area contributed by atoms with Crippen LogP contribution in [0.25, 0.3) is 0 Å². The molecule has 1 aromatic rings. The third kappa shape index (κ3) is 3.39. The second-order valence-electron chi connectivity index (χ2n) is 6.20. The van der Waals surface area contributed by atoms with Crippen LogP contribution < -0.4 is 4.90 Å². The predicted octanol–water partition coefficient (Wildman–Crippen LogP) is 1.52. The van der Waals surface area contributed by atoms with Gasteiger partial charge in [0.25, 0.3) is 0 Å². The standard InChI is InChI=1S/C17H26N2O2/c1-14-13-21-16(12-20)11-19(14)10-9-18-8-4-6-15-5-2-3-7-17(15)18/h2-3,5,7,14,16,20H,4,6,8-13H2,1H3. The molecule has 1 N–H and O–H groups in total. The molecule has 0 bridgehead atoms. The van der Waals surface area contributed by atoms with E-state index in [4.69, 9.17) is 4.74 Å². The number of morpholine rings is 1. The number of aliphatic hydroxyl groups is 1. The fourth-order valence-electron chi connectivity index (χ4n) is 3.39. The van der Waals surface area contributed by atoms with Gasteiger partial charge in [-0.15, -0.1) is 0 Å². The van der Waals surface area contributed by atoms with Crippen LogP contribution in [0, 0.1) is 0 Å². The normalized spacial score (nSPS) is 26.7. The second kappa shape index (κ2) is 6.77. The quantitative estimate of drug-likeness (QED) is 0.912. The van der Waals surface area contributed by atoms with Crippen molar-refractivity contribution in [3.05, 3.63) is 29.8 Å². The van der Waals surface area contributed by atoms with Crippen molar-refractivity contribution in [2.45, 2.75) is 31.9 Å². The van der Waals surface area contributed by atoms with Crippen LogP contribution in [0.15, 0.2) is 24.3 Å². The van der Waals surface area contributed by atoms with Crippen LogP contribution in [-0.2, 0) is 11.2 Å². The lowest BCUT2D eigenvalue weighted by molar-refractivity contribution is -0.0767. The number of fused-ring (bicyclic) bond motifs is 1. The molecule has 0 spiro atoms. The third-order valence-electron chi connectivity index (χ3n) is 4.70. The Labute approximate surface area is 127 Å². The van der Waals surface area contributed by atoms with Gasteiger partial charge in [-0.3, -0.25) is 4.90 Å². The molecule has 0 saturated carbocycles. The van der Waals surface area contributed by atoms with E-state index < -0.39 is 0 Å². The van der Waals surface area contributed by atoms with Gasteiger partial charge in [0.1, 0.15) is 0 Å². The maximum Gasteiger partial charge on any atom is 0.0933 e. The molecule has 2 unspecified atom stereocenters. The molecule has 116 valence electrons. The first kappa shape index (κ1) is 14.8. The van der Waals surface area contributed by atoms with E-state index in [1.165, 1.54) is 24.1 Å². The number of benzene rings is 1. The molecule has 0 aliphatic carbocycles. The summed E-state index contributed by atoms with van der Waals surface area (Å²) in [5.41, 5.74) is 2.88. The number of hydrogen-bond donors (Lipinski definition) is 1. The highest BCUT2D eigenvalue weighted by molar-refractivity contribution is 5.55. The van der Waals surface area contributed by atoms with E-state index in [0.717, 1.165) is 32.8 Å². The minimum absolute atomic E-state index is 0.0187. The zero-order valence-corrected chi connectivity index (χ0v) is 12.9. The Hall–Kier alpha value is -1.10. The average molecular weight is 290 g/mol. The van der Waals surface area contributed by atoms with Gasteiger partial charge in [-0.2, -0.15) is 0 Å². The second-order valence-corrected chi connectivity index (χ2v) is 6.20. The summed E-state index contributed by atoms with van der Waals surface area (Å²) in [7, 11) is 0. The molecule has 4 heteroatoms. The Bertz CT molecular complexity index is 466. The zero-order valence-electron chi connectivity index (χ0n) is 12.9. The van der Waals surface area contributed by atoms with E-state index in [1.807, 2.05) is 0 Å². The van der Waals surface area contributed by atoms with Gasteiger partial charge in [0.05, 0.1) is 19.3 Å². The number of aliphatic hydroxyl groups excluding tert-OH is 1. The van der Waals surface area contributed by atoms with Crippen LogP contribution in [0.4, 0.5) is 5.69 Å². The van der Waals surface area contributed by atoms with Crippen molar-refractivity contribution in [3.63, 3.8) is 0 Å². The van der Waals surface area contributed by atoms with Gasteiger partial charge in [-0.1, -0.05) is 18.2 Å². The smallest absolute Gasteiger partial charge is 0.0933 e. The van der Waals surface area contributed by atoms with Crippen molar-refractivity contribution in [3.8, 4) is 0 Å². The third-order valence-corrected chi connectivity index (χ3v) is 4.70. The molecular formula is C17H26N2O2. The van der Waals surface area contributed by atoms with E-state index >= 15 is 0 Å². The molecular weight excluding hydrogens is 264 g/mol. The Morgan fingerprint density at radius 1 is 1.29 bits per heavy atom. The highest BCUT2D eigenvalue weighted by Crippen LogP contribution is 2.26. The maximum absolute atomic E-state index is 9.28. The van der Waals surface area contributed by atoms with Gasteiger partial charge >= 0.3 is 0 Å². The first-order valence-electron chi connectivity index (χ1n) is 8.07. The Balaban J connectivity index is 1.60. The van der Waals surface area contributed by atoms with Crippen LogP contribution in [0.2, 0.25) is 0 Å².